The van der Waals surface area contributed by atoms with Gasteiger partial charge in [-0.3, -0.25) is 4.90 Å². The molecule has 0 amide bonds. The smallest absolute Gasteiger partial charge is 0.129 e. The Balaban J connectivity index is 0.000000686. The summed E-state index contributed by atoms with van der Waals surface area (Å²) in [6, 6.07) is 2.46. The summed E-state index contributed by atoms with van der Waals surface area (Å²) < 4.78 is 0. The first kappa shape index (κ1) is 13.9. The van der Waals surface area contributed by atoms with Crippen LogP contribution in [0, 0.1) is 5.92 Å². The molecule has 0 unspecified atom stereocenters. The van der Waals surface area contributed by atoms with Gasteiger partial charge in [-0.15, -0.1) is 0 Å². The average molecular weight is 236 g/mol. The zero-order valence-corrected chi connectivity index (χ0v) is 11.3. The van der Waals surface area contributed by atoms with Crippen molar-refractivity contribution in [1.82, 2.24) is 14.9 Å². The van der Waals surface area contributed by atoms with Gasteiger partial charge in [0.2, 0.25) is 0 Å². The first-order valence-electron chi connectivity index (χ1n) is 6.49. The standard InChI is InChI=1S/C11H18N4.C2H6/c1-9(2)5-15-6-10(7-15)14-11-3-4-12-8-13-11;1-2/h3-4,8-10H,5-7H2,1-2H3,(H,12,13,14);1-2H3. The molecule has 1 aliphatic rings. The molecule has 0 aromatic carbocycles. The summed E-state index contributed by atoms with van der Waals surface area (Å²) in [5.74, 6) is 1.68. The first-order chi connectivity index (χ1) is 8.24. The highest BCUT2D eigenvalue weighted by molar-refractivity contribution is 5.34. The lowest BCUT2D eigenvalue weighted by molar-refractivity contribution is 0.143. The Hall–Kier alpha value is -1.16. The third-order valence-corrected chi connectivity index (χ3v) is 2.51. The highest BCUT2D eigenvalue weighted by Gasteiger charge is 2.26. The predicted molar refractivity (Wildman–Crippen MR) is 72.1 cm³/mol. The lowest BCUT2D eigenvalue weighted by Crippen LogP contribution is -2.55. The molecule has 1 aromatic heterocycles. The molecule has 2 rings (SSSR count). The van der Waals surface area contributed by atoms with E-state index in [0.717, 1.165) is 24.8 Å². The molecule has 0 saturated carbocycles. The Labute approximate surface area is 104 Å². The fourth-order valence-corrected chi connectivity index (χ4v) is 1.91. The maximum absolute atomic E-state index is 4.15. The minimum atomic E-state index is 0.554. The minimum absolute atomic E-state index is 0.554. The molecule has 2 heterocycles. The first-order valence-corrected chi connectivity index (χ1v) is 6.49. The van der Waals surface area contributed by atoms with E-state index in [1.54, 1.807) is 12.5 Å². The molecule has 0 bridgehead atoms. The fourth-order valence-electron chi connectivity index (χ4n) is 1.91. The normalized spacial score (nSPS) is 16.1. The topological polar surface area (TPSA) is 41.0 Å². The van der Waals surface area contributed by atoms with Crippen molar-refractivity contribution in [2.45, 2.75) is 33.7 Å². The number of nitrogens with one attached hydrogen (secondary N) is 1. The summed E-state index contributed by atoms with van der Waals surface area (Å²) in [5.41, 5.74) is 0. The summed E-state index contributed by atoms with van der Waals surface area (Å²) in [6.45, 7) is 12.0. The van der Waals surface area contributed by atoms with Crippen LogP contribution in [0.4, 0.5) is 5.82 Å². The molecule has 17 heavy (non-hydrogen) atoms. The summed E-state index contributed by atoms with van der Waals surface area (Å²) >= 11 is 0. The number of rotatable bonds is 4. The molecule has 1 aliphatic heterocycles. The Morgan fingerprint density at radius 3 is 2.65 bits per heavy atom. The van der Waals surface area contributed by atoms with Gasteiger partial charge in [-0.2, -0.15) is 0 Å². The minimum Gasteiger partial charge on any atom is -0.365 e. The monoisotopic (exact) mass is 236 g/mol. The molecule has 1 N–H and O–H groups in total. The van der Waals surface area contributed by atoms with Gasteiger partial charge in [-0.25, -0.2) is 9.97 Å². The summed E-state index contributed by atoms with van der Waals surface area (Å²) in [5, 5.41) is 3.39. The molecule has 1 fully saturated rings. The van der Waals surface area contributed by atoms with Crippen LogP contribution in [0.3, 0.4) is 0 Å². The lowest BCUT2D eigenvalue weighted by Gasteiger charge is -2.40. The van der Waals surface area contributed by atoms with Gasteiger partial charge in [0.1, 0.15) is 12.1 Å². The van der Waals surface area contributed by atoms with Gasteiger partial charge in [0, 0.05) is 25.8 Å². The molecule has 4 heteroatoms. The maximum Gasteiger partial charge on any atom is 0.129 e. The molecule has 96 valence electrons. The van der Waals surface area contributed by atoms with Crippen molar-refractivity contribution in [1.29, 1.82) is 0 Å². The van der Waals surface area contributed by atoms with Crippen LogP contribution >= 0.6 is 0 Å². The summed E-state index contributed by atoms with van der Waals surface area (Å²) in [4.78, 5) is 10.5. The van der Waals surface area contributed by atoms with Crippen LogP contribution in [0.2, 0.25) is 0 Å². The Kier molecular flexibility index (Phi) is 5.91. The molecule has 0 aliphatic carbocycles. The van der Waals surface area contributed by atoms with E-state index in [-0.39, 0.29) is 0 Å². The number of hydrogen-bond donors (Lipinski definition) is 1. The number of nitrogens with zero attached hydrogens (tertiary/aromatic N) is 3. The summed E-state index contributed by atoms with van der Waals surface area (Å²) in [7, 11) is 0. The third-order valence-electron chi connectivity index (χ3n) is 2.51. The molecule has 1 saturated heterocycles. The van der Waals surface area contributed by atoms with Gasteiger partial charge >= 0.3 is 0 Å². The van der Waals surface area contributed by atoms with Crippen molar-refractivity contribution in [3.63, 3.8) is 0 Å². The van der Waals surface area contributed by atoms with Gasteiger partial charge in [0.15, 0.2) is 0 Å². The van der Waals surface area contributed by atoms with E-state index < -0.39 is 0 Å². The van der Waals surface area contributed by atoms with E-state index in [1.165, 1.54) is 6.54 Å². The van der Waals surface area contributed by atoms with E-state index in [9.17, 15) is 0 Å². The van der Waals surface area contributed by atoms with Gasteiger partial charge in [0.05, 0.1) is 6.04 Å². The zero-order valence-electron chi connectivity index (χ0n) is 11.3. The van der Waals surface area contributed by atoms with Crippen LogP contribution < -0.4 is 5.32 Å². The van der Waals surface area contributed by atoms with Gasteiger partial charge in [-0.1, -0.05) is 27.7 Å². The summed E-state index contributed by atoms with van der Waals surface area (Å²) in [6.07, 6.45) is 3.34. The maximum atomic E-state index is 4.15. The van der Waals surface area contributed by atoms with Crippen LogP contribution in [-0.2, 0) is 0 Å². The van der Waals surface area contributed by atoms with Crippen LogP contribution in [0.25, 0.3) is 0 Å². The van der Waals surface area contributed by atoms with Crippen molar-refractivity contribution in [3.05, 3.63) is 18.6 Å². The number of hydrogen-bond acceptors (Lipinski definition) is 4. The predicted octanol–water partition coefficient (Wildman–Crippen LogP) is 2.25. The Morgan fingerprint density at radius 2 is 2.12 bits per heavy atom. The fraction of sp³-hybridized carbons (Fsp3) is 0.692. The van der Waals surface area contributed by atoms with E-state index in [4.69, 9.17) is 0 Å². The Bertz CT molecular complexity index is 294. The van der Waals surface area contributed by atoms with Gasteiger partial charge < -0.3 is 5.32 Å². The largest absolute Gasteiger partial charge is 0.365 e. The number of likely N-dealkylation sites (tertiary alicyclic amines) is 1. The molecule has 0 atom stereocenters. The van der Waals surface area contributed by atoms with Crippen LogP contribution in [0.15, 0.2) is 18.6 Å². The second kappa shape index (κ2) is 7.22. The third kappa shape index (κ3) is 4.69. The van der Waals surface area contributed by atoms with E-state index in [0.29, 0.717) is 6.04 Å². The SMILES string of the molecule is CC.CC(C)CN1CC(Nc2ccncn2)C1. The van der Waals surface area contributed by atoms with E-state index >= 15 is 0 Å². The Morgan fingerprint density at radius 1 is 1.41 bits per heavy atom. The number of anilines is 1. The molecule has 0 spiro atoms. The lowest BCUT2D eigenvalue weighted by atomic mass is 10.1. The second-order valence-electron chi connectivity index (χ2n) is 4.55. The van der Waals surface area contributed by atoms with Crippen molar-refractivity contribution in [2.75, 3.05) is 25.0 Å². The highest BCUT2D eigenvalue weighted by Crippen LogP contribution is 2.14. The molecule has 0 radical (unpaired) electrons. The van der Waals surface area contributed by atoms with E-state index in [2.05, 4.69) is 34.0 Å². The molecular formula is C13H24N4. The molecular weight excluding hydrogens is 212 g/mol. The van der Waals surface area contributed by atoms with Crippen LogP contribution in [0.1, 0.15) is 27.7 Å². The van der Waals surface area contributed by atoms with Crippen LogP contribution in [0.5, 0.6) is 0 Å². The zero-order chi connectivity index (χ0) is 12.7. The van der Waals surface area contributed by atoms with Crippen molar-refractivity contribution in [3.8, 4) is 0 Å². The average Bonchev–Trinajstić information content (AvgIpc) is 2.30. The van der Waals surface area contributed by atoms with Crippen molar-refractivity contribution in [2.24, 2.45) is 5.92 Å². The van der Waals surface area contributed by atoms with Crippen LogP contribution in [-0.4, -0.2) is 40.5 Å². The molecule has 1 aromatic rings. The van der Waals surface area contributed by atoms with E-state index in [1.807, 2.05) is 19.9 Å². The van der Waals surface area contributed by atoms with Crippen molar-refractivity contribution >= 4 is 5.82 Å². The van der Waals surface area contributed by atoms with Gasteiger partial charge in [-0.05, 0) is 12.0 Å². The number of aromatic nitrogens is 2. The second-order valence-corrected chi connectivity index (χ2v) is 4.55. The van der Waals surface area contributed by atoms with Gasteiger partial charge in [0.25, 0.3) is 0 Å². The quantitative estimate of drug-likeness (QED) is 0.870. The highest BCUT2D eigenvalue weighted by atomic mass is 15.3. The van der Waals surface area contributed by atoms with Crippen molar-refractivity contribution < 1.29 is 0 Å². The molecule has 4 nitrogen and oxygen atoms in total.